The lowest BCUT2D eigenvalue weighted by molar-refractivity contribution is -0.121. The third kappa shape index (κ3) is 4.17. The van der Waals surface area contributed by atoms with Crippen LogP contribution in [0.15, 0.2) is 30.3 Å². The van der Waals surface area contributed by atoms with Gasteiger partial charge in [0.1, 0.15) is 0 Å². The highest BCUT2D eigenvalue weighted by molar-refractivity contribution is 5.76. The first-order chi connectivity index (χ1) is 12.4. The maximum atomic E-state index is 12.4. The van der Waals surface area contributed by atoms with Gasteiger partial charge >= 0.3 is 0 Å². The first kappa shape index (κ1) is 18.7. The van der Waals surface area contributed by atoms with E-state index in [0.29, 0.717) is 12.3 Å². The molecule has 0 atom stereocenters. The highest BCUT2D eigenvalue weighted by atomic mass is 16.1. The van der Waals surface area contributed by atoms with Gasteiger partial charge in [-0.05, 0) is 50.2 Å². The molecule has 1 saturated carbocycles. The molecule has 3 rings (SSSR count). The summed E-state index contributed by atoms with van der Waals surface area (Å²) < 4.78 is 2.09. The van der Waals surface area contributed by atoms with Crippen molar-refractivity contribution in [3.05, 3.63) is 52.8 Å². The van der Waals surface area contributed by atoms with E-state index < -0.39 is 0 Å². The Morgan fingerprint density at radius 1 is 1.23 bits per heavy atom. The lowest BCUT2D eigenvalue weighted by atomic mass is 9.96. The van der Waals surface area contributed by atoms with Crippen LogP contribution in [0.4, 0.5) is 0 Å². The molecule has 26 heavy (non-hydrogen) atoms. The average Bonchev–Trinajstić information content (AvgIpc) is 3.36. The highest BCUT2D eigenvalue weighted by Gasteiger charge is 2.44. The zero-order valence-electron chi connectivity index (χ0n) is 16.5. The van der Waals surface area contributed by atoms with Crippen LogP contribution in [0.25, 0.3) is 0 Å². The van der Waals surface area contributed by atoms with E-state index in [9.17, 15) is 4.79 Å². The van der Waals surface area contributed by atoms with Crippen molar-refractivity contribution in [1.82, 2.24) is 15.1 Å². The minimum atomic E-state index is 0.141. The summed E-state index contributed by atoms with van der Waals surface area (Å²) in [4.78, 5) is 12.4. The number of rotatable bonds is 8. The summed E-state index contributed by atoms with van der Waals surface area (Å²) in [5.74, 6) is 0.708. The molecular weight excluding hydrogens is 322 g/mol. The third-order valence-corrected chi connectivity index (χ3v) is 5.54. The average molecular weight is 354 g/mol. The van der Waals surface area contributed by atoms with E-state index in [-0.39, 0.29) is 11.3 Å². The van der Waals surface area contributed by atoms with E-state index in [1.54, 1.807) is 0 Å². The van der Waals surface area contributed by atoms with Crippen molar-refractivity contribution in [3.8, 4) is 0 Å². The number of nitrogens with zero attached hydrogens (tertiary/aromatic N) is 2. The molecule has 2 aromatic rings. The molecular formula is C22H31N3O. The second-order valence-electron chi connectivity index (χ2n) is 8.15. The van der Waals surface area contributed by atoms with E-state index in [4.69, 9.17) is 0 Å². The van der Waals surface area contributed by atoms with Crippen molar-refractivity contribution in [2.45, 2.75) is 65.3 Å². The van der Waals surface area contributed by atoms with Crippen molar-refractivity contribution >= 4 is 5.91 Å². The van der Waals surface area contributed by atoms with Crippen LogP contribution in [-0.2, 0) is 23.2 Å². The van der Waals surface area contributed by atoms with Crippen LogP contribution in [0.5, 0.6) is 0 Å². The number of carbonyl (C=O) groups is 1. The van der Waals surface area contributed by atoms with Gasteiger partial charge in [0.15, 0.2) is 0 Å². The third-order valence-electron chi connectivity index (χ3n) is 5.54. The van der Waals surface area contributed by atoms with Gasteiger partial charge in [0.05, 0.1) is 5.69 Å². The zero-order chi connectivity index (χ0) is 18.7. The number of hydrogen-bond acceptors (Lipinski definition) is 2. The Morgan fingerprint density at radius 2 is 1.92 bits per heavy atom. The number of carbonyl (C=O) groups excluding carboxylic acids is 1. The molecule has 1 amide bonds. The van der Waals surface area contributed by atoms with Gasteiger partial charge in [0.2, 0.25) is 5.91 Å². The molecule has 1 aliphatic rings. The van der Waals surface area contributed by atoms with Crippen LogP contribution < -0.4 is 5.32 Å². The molecule has 0 bridgehead atoms. The second kappa shape index (κ2) is 7.65. The first-order valence-electron chi connectivity index (χ1n) is 9.76. The van der Waals surface area contributed by atoms with Gasteiger partial charge in [0, 0.05) is 30.6 Å². The molecule has 4 nitrogen and oxygen atoms in total. The minimum absolute atomic E-state index is 0.141. The summed E-state index contributed by atoms with van der Waals surface area (Å²) in [6, 6.07) is 10.6. The molecule has 1 aliphatic carbocycles. The van der Waals surface area contributed by atoms with Crippen LogP contribution >= 0.6 is 0 Å². The van der Waals surface area contributed by atoms with Gasteiger partial charge in [-0.3, -0.25) is 9.48 Å². The molecule has 1 heterocycles. The number of amides is 1. The fourth-order valence-electron chi connectivity index (χ4n) is 3.72. The first-order valence-corrected chi connectivity index (χ1v) is 9.76. The van der Waals surface area contributed by atoms with Crippen LogP contribution in [0.2, 0.25) is 0 Å². The largest absolute Gasteiger partial charge is 0.355 e. The summed E-state index contributed by atoms with van der Waals surface area (Å²) in [7, 11) is 0. The van der Waals surface area contributed by atoms with Crippen molar-refractivity contribution in [3.63, 3.8) is 0 Å². The van der Waals surface area contributed by atoms with Crippen molar-refractivity contribution in [1.29, 1.82) is 0 Å². The fourth-order valence-corrected chi connectivity index (χ4v) is 3.72. The van der Waals surface area contributed by atoms with Crippen LogP contribution in [0.3, 0.4) is 0 Å². The smallest absolute Gasteiger partial charge is 0.220 e. The molecule has 4 heteroatoms. The lowest BCUT2D eigenvalue weighted by Gasteiger charge is -2.16. The standard InChI is InChI=1S/C22H31N3O/c1-16(2)14-25-18(4)20(17(3)24-25)10-11-21(26)23-15-22(12-13-22)19-8-6-5-7-9-19/h5-9,16H,10-15H2,1-4H3,(H,23,26). The second-order valence-corrected chi connectivity index (χ2v) is 8.15. The van der Waals surface area contributed by atoms with Gasteiger partial charge in [-0.15, -0.1) is 0 Å². The predicted octanol–water partition coefficient (Wildman–Crippen LogP) is 3.94. The van der Waals surface area contributed by atoms with Gasteiger partial charge in [0.25, 0.3) is 0 Å². The zero-order valence-corrected chi connectivity index (χ0v) is 16.5. The molecule has 0 unspecified atom stereocenters. The lowest BCUT2D eigenvalue weighted by Crippen LogP contribution is -2.32. The van der Waals surface area contributed by atoms with E-state index >= 15 is 0 Å². The van der Waals surface area contributed by atoms with Crippen LogP contribution in [-0.4, -0.2) is 22.2 Å². The summed E-state index contributed by atoms with van der Waals surface area (Å²) in [6.07, 6.45) is 3.62. The number of benzene rings is 1. The van der Waals surface area contributed by atoms with Crippen molar-refractivity contribution in [2.75, 3.05) is 6.54 Å². The monoisotopic (exact) mass is 353 g/mol. The molecule has 1 aromatic heterocycles. The maximum absolute atomic E-state index is 12.4. The number of aryl methyl sites for hydroxylation is 1. The van der Waals surface area contributed by atoms with Gasteiger partial charge in [-0.1, -0.05) is 44.2 Å². The molecule has 0 saturated heterocycles. The maximum Gasteiger partial charge on any atom is 0.220 e. The molecule has 0 radical (unpaired) electrons. The molecule has 0 spiro atoms. The van der Waals surface area contributed by atoms with E-state index in [2.05, 4.69) is 60.1 Å². The Hall–Kier alpha value is -2.10. The SMILES string of the molecule is Cc1nn(CC(C)C)c(C)c1CCC(=O)NCC1(c2ccccc2)CC1. The molecule has 1 N–H and O–H groups in total. The number of nitrogens with one attached hydrogen (secondary N) is 1. The van der Waals surface area contributed by atoms with E-state index in [1.165, 1.54) is 16.8 Å². The minimum Gasteiger partial charge on any atom is -0.355 e. The Kier molecular flexibility index (Phi) is 5.49. The summed E-state index contributed by atoms with van der Waals surface area (Å²) in [5.41, 5.74) is 5.00. The van der Waals surface area contributed by atoms with Crippen LogP contribution in [0, 0.1) is 19.8 Å². The van der Waals surface area contributed by atoms with E-state index in [1.807, 2.05) is 13.0 Å². The van der Waals surface area contributed by atoms with E-state index in [0.717, 1.165) is 38.0 Å². The Labute approximate surface area is 157 Å². The van der Waals surface area contributed by atoms with Gasteiger partial charge < -0.3 is 5.32 Å². The quantitative estimate of drug-likeness (QED) is 0.781. The normalized spacial score (nSPS) is 15.3. The Bertz CT molecular complexity index is 757. The van der Waals surface area contributed by atoms with Crippen molar-refractivity contribution in [2.24, 2.45) is 5.92 Å². The predicted molar refractivity (Wildman–Crippen MR) is 105 cm³/mol. The van der Waals surface area contributed by atoms with Crippen molar-refractivity contribution < 1.29 is 4.79 Å². The number of hydrogen-bond donors (Lipinski definition) is 1. The Balaban J connectivity index is 1.53. The molecule has 0 aliphatic heterocycles. The Morgan fingerprint density at radius 3 is 2.54 bits per heavy atom. The molecule has 1 fully saturated rings. The summed E-state index contributed by atoms with van der Waals surface area (Å²) >= 11 is 0. The van der Waals surface area contributed by atoms with Gasteiger partial charge in [-0.2, -0.15) is 5.10 Å². The fraction of sp³-hybridized carbons (Fsp3) is 0.545. The molecule has 140 valence electrons. The summed E-state index contributed by atoms with van der Waals surface area (Å²) in [6.45, 7) is 10.2. The van der Waals surface area contributed by atoms with Crippen LogP contribution in [0.1, 0.15) is 55.6 Å². The summed E-state index contributed by atoms with van der Waals surface area (Å²) in [5, 5.41) is 7.81. The topological polar surface area (TPSA) is 46.9 Å². The highest BCUT2D eigenvalue weighted by Crippen LogP contribution is 2.47. The van der Waals surface area contributed by atoms with Gasteiger partial charge in [-0.25, -0.2) is 0 Å². The molecule has 1 aromatic carbocycles. The number of aromatic nitrogens is 2.